The van der Waals surface area contributed by atoms with Crippen molar-refractivity contribution < 1.29 is 24.4 Å². The number of methoxy groups -OCH3 is 1. The fourth-order valence-electron chi connectivity index (χ4n) is 3.69. The molecule has 4 rings (SSSR count). The number of benzene rings is 3. The van der Waals surface area contributed by atoms with Gasteiger partial charge in [0, 0.05) is 23.4 Å². The van der Waals surface area contributed by atoms with Gasteiger partial charge in [-0.1, -0.05) is 30.3 Å². The molecule has 160 valence electrons. The third kappa shape index (κ3) is 3.58. The van der Waals surface area contributed by atoms with E-state index in [4.69, 9.17) is 4.74 Å². The highest BCUT2D eigenvalue weighted by atomic mass is 16.6. The van der Waals surface area contributed by atoms with E-state index in [-0.39, 0.29) is 16.8 Å². The van der Waals surface area contributed by atoms with E-state index in [9.17, 15) is 24.8 Å². The van der Waals surface area contributed by atoms with Crippen LogP contribution in [0.4, 0.5) is 11.4 Å². The van der Waals surface area contributed by atoms with Gasteiger partial charge in [0.2, 0.25) is 0 Å². The summed E-state index contributed by atoms with van der Waals surface area (Å²) in [6.07, 6.45) is 0. The van der Waals surface area contributed by atoms with Crippen molar-refractivity contribution in [1.82, 2.24) is 0 Å². The van der Waals surface area contributed by atoms with Crippen molar-refractivity contribution >= 4 is 28.8 Å². The third-order valence-corrected chi connectivity index (χ3v) is 5.26. The summed E-state index contributed by atoms with van der Waals surface area (Å²) in [5.74, 6) is -1.43. The molecule has 1 atom stereocenters. The van der Waals surface area contributed by atoms with E-state index in [1.165, 1.54) is 36.3 Å². The molecule has 1 heterocycles. The first kappa shape index (κ1) is 20.8. The van der Waals surface area contributed by atoms with Gasteiger partial charge >= 0.3 is 0 Å². The molecule has 0 bridgehead atoms. The molecule has 1 saturated heterocycles. The Morgan fingerprint density at radius 3 is 2.16 bits per heavy atom. The molecule has 0 saturated carbocycles. The van der Waals surface area contributed by atoms with Crippen LogP contribution >= 0.6 is 0 Å². The Bertz CT molecular complexity index is 1220. The maximum atomic E-state index is 13.0. The molecule has 3 aromatic carbocycles. The van der Waals surface area contributed by atoms with Crippen LogP contribution in [0.1, 0.15) is 17.2 Å². The zero-order chi connectivity index (χ0) is 22.8. The summed E-state index contributed by atoms with van der Waals surface area (Å²) in [6, 6.07) is 19.8. The van der Waals surface area contributed by atoms with Gasteiger partial charge in [0.15, 0.2) is 0 Å². The van der Waals surface area contributed by atoms with E-state index >= 15 is 0 Å². The summed E-state index contributed by atoms with van der Waals surface area (Å²) >= 11 is 0. The van der Waals surface area contributed by atoms with Crippen LogP contribution in [-0.4, -0.2) is 28.8 Å². The number of ketones is 1. The number of carbonyl (C=O) groups excluding carboxylic acids is 2. The van der Waals surface area contributed by atoms with E-state index in [0.29, 0.717) is 17.0 Å². The molecular formula is C24H18N2O6. The monoisotopic (exact) mass is 430 g/mol. The van der Waals surface area contributed by atoms with Crippen LogP contribution in [0.15, 0.2) is 84.4 Å². The molecule has 0 spiro atoms. The predicted octanol–water partition coefficient (Wildman–Crippen LogP) is 4.23. The lowest BCUT2D eigenvalue weighted by molar-refractivity contribution is -0.384. The number of anilines is 1. The Balaban J connectivity index is 1.90. The Kier molecular flexibility index (Phi) is 5.43. The van der Waals surface area contributed by atoms with Crippen molar-refractivity contribution in [2.75, 3.05) is 12.0 Å². The Hall–Kier alpha value is -4.46. The normalized spacial score (nSPS) is 17.4. The number of hydrogen-bond acceptors (Lipinski definition) is 6. The third-order valence-electron chi connectivity index (χ3n) is 5.26. The van der Waals surface area contributed by atoms with E-state index in [1.807, 2.05) is 0 Å². The SMILES string of the molecule is COc1ccc([C@@H]2C(=C(O)c3ccc([N+](=O)[O-])cc3)C(=O)C(=O)N2c2ccccc2)cc1. The fraction of sp³-hybridized carbons (Fsp3) is 0.0833. The number of para-hydroxylation sites is 1. The van der Waals surface area contributed by atoms with Crippen molar-refractivity contribution in [2.24, 2.45) is 0 Å². The van der Waals surface area contributed by atoms with Crippen LogP contribution in [0.2, 0.25) is 0 Å². The molecular weight excluding hydrogens is 412 g/mol. The topological polar surface area (TPSA) is 110 Å². The Morgan fingerprint density at radius 1 is 0.969 bits per heavy atom. The highest BCUT2D eigenvalue weighted by Gasteiger charge is 2.46. The average molecular weight is 430 g/mol. The Morgan fingerprint density at radius 2 is 1.59 bits per heavy atom. The molecule has 3 aromatic rings. The number of Topliss-reactive ketones (excluding diaryl/α,β-unsaturated/α-hetero) is 1. The van der Waals surface area contributed by atoms with Gasteiger partial charge in [0.25, 0.3) is 17.4 Å². The standard InChI is InChI=1S/C24H18N2O6/c1-32-19-13-9-15(10-14-19)21-20(22(27)16-7-11-18(12-8-16)26(30)31)23(28)24(29)25(21)17-5-3-2-4-6-17/h2-14,21,27H,1H3/t21-/m1/s1. The summed E-state index contributed by atoms with van der Waals surface area (Å²) in [7, 11) is 1.53. The van der Waals surface area contributed by atoms with Crippen molar-refractivity contribution in [3.8, 4) is 5.75 Å². The molecule has 1 amide bonds. The maximum absolute atomic E-state index is 13.0. The fourth-order valence-corrected chi connectivity index (χ4v) is 3.69. The largest absolute Gasteiger partial charge is 0.507 e. The number of amides is 1. The first-order valence-corrected chi connectivity index (χ1v) is 9.67. The quantitative estimate of drug-likeness (QED) is 0.213. The number of ether oxygens (including phenoxy) is 1. The number of non-ortho nitro benzene ring substituents is 1. The number of rotatable bonds is 5. The number of hydrogen-bond donors (Lipinski definition) is 1. The van der Waals surface area contributed by atoms with Gasteiger partial charge in [-0.15, -0.1) is 0 Å². The van der Waals surface area contributed by atoms with Gasteiger partial charge < -0.3 is 9.84 Å². The first-order chi connectivity index (χ1) is 15.4. The van der Waals surface area contributed by atoms with Crippen LogP contribution in [0.5, 0.6) is 5.75 Å². The molecule has 1 aliphatic heterocycles. The van der Waals surface area contributed by atoms with E-state index in [1.54, 1.807) is 54.6 Å². The van der Waals surface area contributed by atoms with Crippen LogP contribution in [-0.2, 0) is 9.59 Å². The lowest BCUT2D eigenvalue weighted by atomic mass is 9.95. The molecule has 1 fully saturated rings. The molecule has 1 N–H and O–H groups in total. The summed E-state index contributed by atoms with van der Waals surface area (Å²) in [6.45, 7) is 0. The smallest absolute Gasteiger partial charge is 0.300 e. The van der Waals surface area contributed by atoms with E-state index < -0.39 is 28.4 Å². The minimum absolute atomic E-state index is 0.0992. The summed E-state index contributed by atoms with van der Waals surface area (Å²) in [4.78, 5) is 37.8. The van der Waals surface area contributed by atoms with Crippen molar-refractivity contribution in [1.29, 1.82) is 0 Å². The lowest BCUT2D eigenvalue weighted by Crippen LogP contribution is -2.29. The van der Waals surface area contributed by atoms with E-state index in [2.05, 4.69) is 0 Å². The van der Waals surface area contributed by atoms with Gasteiger partial charge in [0.05, 0.1) is 23.6 Å². The molecule has 8 heteroatoms. The van der Waals surface area contributed by atoms with Gasteiger partial charge in [-0.05, 0) is 42.0 Å². The summed E-state index contributed by atoms with van der Waals surface area (Å²) < 4.78 is 5.20. The molecule has 0 aliphatic carbocycles. The lowest BCUT2D eigenvalue weighted by Gasteiger charge is -2.25. The predicted molar refractivity (Wildman–Crippen MR) is 117 cm³/mol. The Labute approximate surface area is 183 Å². The highest BCUT2D eigenvalue weighted by molar-refractivity contribution is 6.51. The van der Waals surface area contributed by atoms with Gasteiger partial charge in [-0.3, -0.25) is 24.6 Å². The van der Waals surface area contributed by atoms with Crippen LogP contribution in [0.25, 0.3) is 5.76 Å². The zero-order valence-electron chi connectivity index (χ0n) is 17.0. The molecule has 32 heavy (non-hydrogen) atoms. The van der Waals surface area contributed by atoms with Crippen molar-refractivity contribution in [3.05, 3.63) is 106 Å². The minimum Gasteiger partial charge on any atom is -0.507 e. The van der Waals surface area contributed by atoms with Crippen LogP contribution in [0.3, 0.4) is 0 Å². The second-order valence-corrected chi connectivity index (χ2v) is 7.08. The number of nitro groups is 1. The number of nitrogens with zero attached hydrogens (tertiary/aromatic N) is 2. The summed E-state index contributed by atoms with van der Waals surface area (Å²) in [5.41, 5.74) is 1.03. The second kappa shape index (κ2) is 8.35. The van der Waals surface area contributed by atoms with Crippen LogP contribution < -0.4 is 9.64 Å². The second-order valence-electron chi connectivity index (χ2n) is 7.08. The molecule has 8 nitrogen and oxygen atoms in total. The molecule has 0 radical (unpaired) electrons. The zero-order valence-corrected chi connectivity index (χ0v) is 17.0. The van der Waals surface area contributed by atoms with Gasteiger partial charge in [-0.2, -0.15) is 0 Å². The number of nitro benzene ring substituents is 1. The molecule has 0 aromatic heterocycles. The van der Waals surface area contributed by atoms with Crippen molar-refractivity contribution in [2.45, 2.75) is 6.04 Å². The summed E-state index contributed by atoms with van der Waals surface area (Å²) in [5, 5.41) is 22.0. The maximum Gasteiger partial charge on any atom is 0.300 e. The highest BCUT2D eigenvalue weighted by Crippen LogP contribution is 2.42. The number of aliphatic hydroxyl groups is 1. The number of aliphatic hydroxyl groups excluding tert-OH is 1. The average Bonchev–Trinajstić information content (AvgIpc) is 3.09. The van der Waals surface area contributed by atoms with Crippen molar-refractivity contribution in [3.63, 3.8) is 0 Å². The number of carbonyl (C=O) groups is 2. The van der Waals surface area contributed by atoms with Crippen LogP contribution in [0, 0.1) is 10.1 Å². The molecule has 1 aliphatic rings. The van der Waals surface area contributed by atoms with Gasteiger partial charge in [-0.25, -0.2) is 0 Å². The van der Waals surface area contributed by atoms with E-state index in [0.717, 1.165) is 0 Å². The molecule has 0 unspecified atom stereocenters. The van der Waals surface area contributed by atoms with Gasteiger partial charge in [0.1, 0.15) is 11.5 Å². The first-order valence-electron chi connectivity index (χ1n) is 9.67. The minimum atomic E-state index is -0.890.